The van der Waals surface area contributed by atoms with Crippen LogP contribution >= 0.6 is 0 Å². The van der Waals surface area contributed by atoms with Crippen LogP contribution in [0.5, 0.6) is 0 Å². The van der Waals surface area contributed by atoms with Crippen LogP contribution < -0.4 is 10.6 Å². The summed E-state index contributed by atoms with van der Waals surface area (Å²) in [5.41, 5.74) is 2.47. The fourth-order valence-corrected chi connectivity index (χ4v) is 1.87. The van der Waals surface area contributed by atoms with E-state index in [0.29, 0.717) is 18.8 Å². The smallest absolute Gasteiger partial charge is 0.269 e. The lowest BCUT2D eigenvalue weighted by molar-refractivity contribution is 0.0947. The van der Waals surface area contributed by atoms with Gasteiger partial charge in [0.15, 0.2) is 0 Å². The number of carbonyl (C=O) groups excluding carboxylic acids is 1. The van der Waals surface area contributed by atoms with Gasteiger partial charge in [0.05, 0.1) is 24.6 Å². The van der Waals surface area contributed by atoms with Gasteiger partial charge in [-0.3, -0.25) is 9.48 Å². The van der Waals surface area contributed by atoms with Crippen LogP contribution in [0.1, 0.15) is 29.4 Å². The Labute approximate surface area is 124 Å². The maximum Gasteiger partial charge on any atom is 0.269 e. The molecular formula is C15H21N5O. The van der Waals surface area contributed by atoms with Crippen LogP contribution in [0, 0.1) is 6.92 Å². The molecule has 0 saturated carbocycles. The maximum absolute atomic E-state index is 11.9. The van der Waals surface area contributed by atoms with Crippen LogP contribution in [0.25, 0.3) is 0 Å². The third-order valence-corrected chi connectivity index (χ3v) is 2.96. The molecule has 2 aromatic heterocycles. The molecule has 2 rings (SSSR count). The Morgan fingerprint density at radius 2 is 2.14 bits per heavy atom. The highest BCUT2D eigenvalue weighted by molar-refractivity contribution is 5.92. The number of amides is 1. The zero-order valence-electron chi connectivity index (χ0n) is 12.5. The minimum atomic E-state index is -0.166. The first kappa shape index (κ1) is 15.0. The van der Waals surface area contributed by atoms with Gasteiger partial charge in [0.2, 0.25) is 0 Å². The van der Waals surface area contributed by atoms with Crippen LogP contribution in [-0.4, -0.2) is 33.8 Å². The number of pyridine rings is 1. The molecular weight excluding hydrogens is 266 g/mol. The second-order valence-corrected chi connectivity index (χ2v) is 4.90. The number of hydrogen-bond acceptors (Lipinski definition) is 4. The number of nitrogens with one attached hydrogen (secondary N) is 2. The van der Waals surface area contributed by atoms with E-state index in [-0.39, 0.29) is 5.91 Å². The van der Waals surface area contributed by atoms with Crippen LogP contribution in [0.3, 0.4) is 0 Å². The van der Waals surface area contributed by atoms with Gasteiger partial charge in [-0.15, -0.1) is 0 Å². The third-order valence-electron chi connectivity index (χ3n) is 2.96. The van der Waals surface area contributed by atoms with Gasteiger partial charge in [-0.25, -0.2) is 4.98 Å². The predicted octanol–water partition coefficient (Wildman–Crippen LogP) is 1.84. The van der Waals surface area contributed by atoms with E-state index in [0.717, 1.165) is 24.2 Å². The molecule has 0 aliphatic carbocycles. The van der Waals surface area contributed by atoms with E-state index >= 15 is 0 Å². The van der Waals surface area contributed by atoms with Crippen molar-refractivity contribution in [3.05, 3.63) is 42.0 Å². The molecule has 0 bridgehead atoms. The molecule has 112 valence electrons. The Balaban J connectivity index is 1.79. The number of aromatic nitrogens is 3. The lowest BCUT2D eigenvalue weighted by Crippen LogP contribution is -2.28. The number of carbonyl (C=O) groups is 1. The van der Waals surface area contributed by atoms with Crippen molar-refractivity contribution in [3.63, 3.8) is 0 Å². The van der Waals surface area contributed by atoms with Crippen molar-refractivity contribution < 1.29 is 4.79 Å². The quantitative estimate of drug-likeness (QED) is 0.815. The number of hydrogen-bond donors (Lipinski definition) is 2. The SMILES string of the molecule is CCCNc1ccc(C(=O)NCCn2cc(C)cn2)nc1. The van der Waals surface area contributed by atoms with Crippen molar-refractivity contribution in [1.29, 1.82) is 0 Å². The summed E-state index contributed by atoms with van der Waals surface area (Å²) in [5, 5.41) is 10.2. The topological polar surface area (TPSA) is 71.8 Å². The van der Waals surface area contributed by atoms with Crippen molar-refractivity contribution >= 4 is 11.6 Å². The van der Waals surface area contributed by atoms with Crippen molar-refractivity contribution in [2.75, 3.05) is 18.4 Å². The zero-order chi connectivity index (χ0) is 15.1. The molecule has 6 heteroatoms. The van der Waals surface area contributed by atoms with E-state index in [9.17, 15) is 4.79 Å². The molecule has 2 heterocycles. The lowest BCUT2D eigenvalue weighted by Gasteiger charge is -2.07. The van der Waals surface area contributed by atoms with E-state index in [2.05, 4.69) is 27.6 Å². The van der Waals surface area contributed by atoms with Gasteiger partial charge < -0.3 is 10.6 Å². The largest absolute Gasteiger partial charge is 0.384 e. The molecule has 2 aromatic rings. The average Bonchev–Trinajstić information content (AvgIpc) is 2.91. The Morgan fingerprint density at radius 3 is 2.76 bits per heavy atom. The number of rotatable bonds is 7. The van der Waals surface area contributed by atoms with Gasteiger partial charge in [0.25, 0.3) is 5.91 Å². The number of anilines is 1. The molecule has 0 fully saturated rings. The standard InChI is InChI=1S/C15H21N5O/c1-3-6-16-13-4-5-14(18-10-13)15(21)17-7-8-20-11-12(2)9-19-20/h4-5,9-11,16H,3,6-8H2,1-2H3,(H,17,21). The molecule has 0 spiro atoms. The highest BCUT2D eigenvalue weighted by Crippen LogP contribution is 2.06. The normalized spacial score (nSPS) is 10.4. The molecule has 0 aliphatic heterocycles. The first-order valence-corrected chi connectivity index (χ1v) is 7.16. The number of nitrogens with zero attached hydrogens (tertiary/aromatic N) is 3. The van der Waals surface area contributed by atoms with Gasteiger partial charge >= 0.3 is 0 Å². The monoisotopic (exact) mass is 287 g/mol. The molecule has 6 nitrogen and oxygen atoms in total. The minimum absolute atomic E-state index is 0.166. The molecule has 2 N–H and O–H groups in total. The predicted molar refractivity (Wildman–Crippen MR) is 82.3 cm³/mol. The molecule has 21 heavy (non-hydrogen) atoms. The summed E-state index contributed by atoms with van der Waals surface area (Å²) in [4.78, 5) is 16.1. The van der Waals surface area contributed by atoms with Gasteiger partial charge in [-0.05, 0) is 31.0 Å². The van der Waals surface area contributed by atoms with E-state index in [1.165, 1.54) is 0 Å². The number of aryl methyl sites for hydroxylation is 1. The zero-order valence-corrected chi connectivity index (χ0v) is 12.5. The molecule has 0 atom stereocenters. The highest BCUT2D eigenvalue weighted by Gasteiger charge is 2.06. The average molecular weight is 287 g/mol. The van der Waals surface area contributed by atoms with Gasteiger partial charge in [-0.1, -0.05) is 6.92 Å². The van der Waals surface area contributed by atoms with E-state index in [4.69, 9.17) is 0 Å². The van der Waals surface area contributed by atoms with Gasteiger partial charge in [0.1, 0.15) is 5.69 Å². The lowest BCUT2D eigenvalue weighted by atomic mass is 10.3. The first-order chi connectivity index (χ1) is 10.2. The van der Waals surface area contributed by atoms with Crippen LogP contribution in [0.2, 0.25) is 0 Å². The van der Waals surface area contributed by atoms with E-state index in [1.807, 2.05) is 19.2 Å². The summed E-state index contributed by atoms with van der Waals surface area (Å²) in [7, 11) is 0. The Hall–Kier alpha value is -2.37. The van der Waals surface area contributed by atoms with Crippen molar-refractivity contribution in [3.8, 4) is 0 Å². The van der Waals surface area contributed by atoms with Crippen LogP contribution in [0.15, 0.2) is 30.7 Å². The highest BCUT2D eigenvalue weighted by atomic mass is 16.1. The second kappa shape index (κ2) is 7.42. The fourth-order valence-electron chi connectivity index (χ4n) is 1.87. The summed E-state index contributed by atoms with van der Waals surface area (Å²) < 4.78 is 1.81. The van der Waals surface area contributed by atoms with E-state index < -0.39 is 0 Å². The fraction of sp³-hybridized carbons (Fsp3) is 0.400. The minimum Gasteiger partial charge on any atom is -0.384 e. The molecule has 0 unspecified atom stereocenters. The van der Waals surface area contributed by atoms with Crippen LogP contribution in [-0.2, 0) is 6.54 Å². The van der Waals surface area contributed by atoms with E-state index in [1.54, 1.807) is 23.1 Å². The molecule has 0 radical (unpaired) electrons. The van der Waals surface area contributed by atoms with Crippen molar-refractivity contribution in [1.82, 2.24) is 20.1 Å². The Kier molecular flexibility index (Phi) is 5.31. The van der Waals surface area contributed by atoms with Gasteiger partial charge in [-0.2, -0.15) is 5.10 Å². The van der Waals surface area contributed by atoms with Crippen LogP contribution in [0.4, 0.5) is 5.69 Å². The molecule has 0 saturated heterocycles. The molecule has 0 aliphatic rings. The summed E-state index contributed by atoms with van der Waals surface area (Å²) in [6.07, 6.45) is 6.47. The summed E-state index contributed by atoms with van der Waals surface area (Å²) >= 11 is 0. The Bertz CT molecular complexity index is 576. The van der Waals surface area contributed by atoms with Crippen molar-refractivity contribution in [2.45, 2.75) is 26.8 Å². The second-order valence-electron chi connectivity index (χ2n) is 4.90. The first-order valence-electron chi connectivity index (χ1n) is 7.16. The summed E-state index contributed by atoms with van der Waals surface area (Å²) in [6.45, 7) is 6.16. The molecule has 1 amide bonds. The third kappa shape index (κ3) is 4.59. The molecule has 0 aromatic carbocycles. The maximum atomic E-state index is 11.9. The van der Waals surface area contributed by atoms with Crippen molar-refractivity contribution in [2.24, 2.45) is 0 Å². The van der Waals surface area contributed by atoms with Gasteiger partial charge in [0, 0.05) is 19.3 Å². The summed E-state index contributed by atoms with van der Waals surface area (Å²) in [6, 6.07) is 3.60. The Morgan fingerprint density at radius 1 is 1.29 bits per heavy atom. The summed E-state index contributed by atoms with van der Waals surface area (Å²) in [5.74, 6) is -0.166.